The van der Waals surface area contributed by atoms with Gasteiger partial charge in [-0.05, 0) is 32.4 Å². The van der Waals surface area contributed by atoms with Crippen LogP contribution in [0.25, 0.3) is 0 Å². The first-order valence-corrected chi connectivity index (χ1v) is 2.82. The quantitative estimate of drug-likeness (QED) is 0.507. The van der Waals surface area contributed by atoms with E-state index in [0.717, 1.165) is 17.0 Å². The Balaban J connectivity index is 3.17. The number of hydrogen-bond acceptors (Lipinski definition) is 1. The molecule has 0 N–H and O–H groups in total. The van der Waals surface area contributed by atoms with Crippen molar-refractivity contribution in [1.29, 1.82) is 0 Å². The van der Waals surface area contributed by atoms with Crippen molar-refractivity contribution >= 4 is 0 Å². The maximum Gasteiger partial charge on any atom is 0.0410 e. The van der Waals surface area contributed by atoms with E-state index in [1.54, 1.807) is 0 Å². The minimum Gasteiger partial charge on any atom is -0.258 e. The van der Waals surface area contributed by atoms with Crippen molar-refractivity contribution in [3.8, 4) is 0 Å². The van der Waals surface area contributed by atoms with E-state index in [9.17, 15) is 0 Å². The fraction of sp³-hybridized carbons (Fsp3) is 0.125. The third-order valence-electron chi connectivity index (χ3n) is 1.25. The van der Waals surface area contributed by atoms with Gasteiger partial charge in [0.05, 0.1) is 0 Å². The average molecular weight is 119 g/mol. The molecular weight excluding hydrogens is 110 g/mol. The molecule has 0 aliphatic heterocycles. The summed E-state index contributed by atoms with van der Waals surface area (Å²) in [5.74, 6) is 0. The van der Waals surface area contributed by atoms with Crippen LogP contribution < -0.4 is 0 Å². The fourth-order valence-corrected chi connectivity index (χ4v) is 0.642. The van der Waals surface area contributed by atoms with Gasteiger partial charge in [0.1, 0.15) is 0 Å². The van der Waals surface area contributed by atoms with Crippen LogP contribution in [0.3, 0.4) is 0 Å². The molecule has 1 nitrogen and oxygen atoms in total. The van der Waals surface area contributed by atoms with Gasteiger partial charge in [-0.15, -0.1) is 0 Å². The summed E-state index contributed by atoms with van der Waals surface area (Å²) < 4.78 is 0. The third-order valence-corrected chi connectivity index (χ3v) is 1.25. The van der Waals surface area contributed by atoms with Gasteiger partial charge in [0.15, 0.2) is 0 Å². The summed E-state index contributed by atoms with van der Waals surface area (Å²) in [6, 6.07) is 3.78. The van der Waals surface area contributed by atoms with Gasteiger partial charge in [0.2, 0.25) is 0 Å². The van der Waals surface area contributed by atoms with Crippen LogP contribution >= 0.6 is 0 Å². The van der Waals surface area contributed by atoms with Gasteiger partial charge in [0.25, 0.3) is 0 Å². The molecule has 0 spiro atoms. The van der Waals surface area contributed by atoms with Gasteiger partial charge >= 0.3 is 0 Å². The van der Waals surface area contributed by atoms with Crippen LogP contribution in [0.4, 0.5) is 0 Å². The van der Waals surface area contributed by atoms with Crippen molar-refractivity contribution in [3.63, 3.8) is 0 Å². The van der Waals surface area contributed by atoms with E-state index in [2.05, 4.69) is 18.8 Å². The van der Waals surface area contributed by atoms with Crippen LogP contribution in [0.2, 0.25) is 0 Å². The number of nitrogens with zero attached hydrogens (tertiary/aromatic N) is 1. The normalized spacial score (nSPS) is 9.67. The molecule has 1 heteroatoms. The third kappa shape index (κ3) is 1.28. The Morgan fingerprint density at radius 2 is 2.00 bits per heavy atom. The number of aromatic nitrogens is 1. The molecular formula is C8H9N. The molecule has 0 fully saturated rings. The van der Waals surface area contributed by atoms with Crippen LogP contribution in [-0.2, 0) is 0 Å². The largest absolute Gasteiger partial charge is 0.258 e. The zero-order valence-corrected chi connectivity index (χ0v) is 5.52. The lowest BCUT2D eigenvalue weighted by Crippen LogP contribution is -1.87. The summed E-state index contributed by atoms with van der Waals surface area (Å²) in [7, 11) is 0. The van der Waals surface area contributed by atoms with E-state index in [1.165, 1.54) is 0 Å². The predicted octanol–water partition coefficient (Wildman–Crippen LogP) is 1.75. The molecule has 1 heterocycles. The predicted molar refractivity (Wildman–Crippen MR) is 37.9 cm³/mol. The van der Waals surface area contributed by atoms with Crippen LogP contribution in [0.15, 0.2) is 12.1 Å². The first kappa shape index (κ1) is 6.27. The number of rotatable bonds is 0. The zero-order chi connectivity index (χ0) is 6.85. The summed E-state index contributed by atoms with van der Waals surface area (Å²) in [6.45, 7) is 9.38. The SMILES string of the molecule is [CH2]c1ccc([CH2])c(C)n1. The molecule has 0 bridgehead atoms. The van der Waals surface area contributed by atoms with E-state index in [1.807, 2.05) is 19.1 Å². The molecule has 9 heavy (non-hydrogen) atoms. The van der Waals surface area contributed by atoms with Gasteiger partial charge in [0, 0.05) is 11.4 Å². The van der Waals surface area contributed by atoms with Gasteiger partial charge in [-0.1, -0.05) is 6.07 Å². The Labute approximate surface area is 55.7 Å². The molecule has 46 valence electrons. The molecule has 0 aliphatic carbocycles. The first-order valence-electron chi connectivity index (χ1n) is 2.82. The van der Waals surface area contributed by atoms with Crippen molar-refractivity contribution in [2.24, 2.45) is 0 Å². The lowest BCUT2D eigenvalue weighted by Gasteiger charge is -1.97. The molecule has 1 aromatic heterocycles. The molecule has 1 rings (SSSR count). The Kier molecular flexibility index (Phi) is 1.52. The lowest BCUT2D eigenvalue weighted by atomic mass is 10.2. The first-order chi connectivity index (χ1) is 4.20. The Hall–Kier alpha value is -0.850. The molecule has 1 aromatic rings. The van der Waals surface area contributed by atoms with Crippen molar-refractivity contribution in [2.45, 2.75) is 6.92 Å². The highest BCUT2D eigenvalue weighted by molar-refractivity contribution is 5.25. The summed E-state index contributed by atoms with van der Waals surface area (Å²) in [4.78, 5) is 4.10. The number of hydrogen-bond donors (Lipinski definition) is 0. The standard InChI is InChI=1S/C8H9N/c1-6-4-5-7(2)9-8(6)3/h4-5H,1-2H2,3H3. The van der Waals surface area contributed by atoms with Gasteiger partial charge < -0.3 is 0 Å². The smallest absolute Gasteiger partial charge is 0.0410 e. The molecule has 0 saturated heterocycles. The van der Waals surface area contributed by atoms with Crippen LogP contribution in [0, 0.1) is 20.8 Å². The highest BCUT2D eigenvalue weighted by Gasteiger charge is 1.90. The highest BCUT2D eigenvalue weighted by atomic mass is 14.7. The number of aryl methyl sites for hydroxylation is 1. The Morgan fingerprint density at radius 3 is 2.44 bits per heavy atom. The molecule has 0 amide bonds. The van der Waals surface area contributed by atoms with Crippen LogP contribution in [0.5, 0.6) is 0 Å². The molecule has 0 saturated carbocycles. The summed E-state index contributed by atoms with van der Waals surface area (Å²) in [5.41, 5.74) is 2.74. The van der Waals surface area contributed by atoms with Crippen LogP contribution in [-0.4, -0.2) is 4.98 Å². The van der Waals surface area contributed by atoms with E-state index in [4.69, 9.17) is 0 Å². The molecule has 0 unspecified atom stereocenters. The zero-order valence-electron chi connectivity index (χ0n) is 5.52. The molecule has 0 aliphatic rings. The average Bonchev–Trinajstić information content (AvgIpc) is 1.80. The monoisotopic (exact) mass is 119 g/mol. The van der Waals surface area contributed by atoms with Gasteiger partial charge in [-0.3, -0.25) is 4.98 Å². The molecule has 0 atom stereocenters. The Bertz CT molecular complexity index is 216. The van der Waals surface area contributed by atoms with Crippen molar-refractivity contribution in [2.75, 3.05) is 0 Å². The second kappa shape index (κ2) is 2.18. The topological polar surface area (TPSA) is 12.9 Å². The van der Waals surface area contributed by atoms with Crippen molar-refractivity contribution < 1.29 is 0 Å². The maximum absolute atomic E-state index is 4.10. The van der Waals surface area contributed by atoms with Crippen molar-refractivity contribution in [3.05, 3.63) is 42.9 Å². The van der Waals surface area contributed by atoms with Crippen molar-refractivity contribution in [1.82, 2.24) is 4.98 Å². The van der Waals surface area contributed by atoms with Gasteiger partial charge in [-0.25, -0.2) is 0 Å². The van der Waals surface area contributed by atoms with E-state index in [0.29, 0.717) is 0 Å². The minimum atomic E-state index is 0.805. The second-order valence-electron chi connectivity index (χ2n) is 2.05. The van der Waals surface area contributed by atoms with E-state index in [-0.39, 0.29) is 0 Å². The highest BCUT2D eigenvalue weighted by Crippen LogP contribution is 2.02. The van der Waals surface area contributed by atoms with Crippen LogP contribution in [0.1, 0.15) is 17.0 Å². The summed E-state index contributed by atoms with van der Waals surface area (Å²) >= 11 is 0. The number of pyridine rings is 1. The molecule has 2 radical (unpaired) electrons. The Morgan fingerprint density at radius 1 is 1.33 bits per heavy atom. The van der Waals surface area contributed by atoms with E-state index >= 15 is 0 Å². The maximum atomic E-state index is 4.10. The van der Waals surface area contributed by atoms with E-state index < -0.39 is 0 Å². The summed E-state index contributed by atoms with van der Waals surface area (Å²) in [5, 5.41) is 0. The summed E-state index contributed by atoms with van der Waals surface area (Å²) in [6.07, 6.45) is 0. The molecule has 0 aromatic carbocycles. The minimum absolute atomic E-state index is 0.805. The lowest BCUT2D eigenvalue weighted by molar-refractivity contribution is 1.15. The van der Waals surface area contributed by atoms with Gasteiger partial charge in [-0.2, -0.15) is 0 Å². The fourth-order valence-electron chi connectivity index (χ4n) is 0.642. The second-order valence-corrected chi connectivity index (χ2v) is 2.05.